The first-order valence-corrected chi connectivity index (χ1v) is 6.74. The summed E-state index contributed by atoms with van der Waals surface area (Å²) in [7, 11) is 0. The van der Waals surface area contributed by atoms with Crippen LogP contribution in [-0.4, -0.2) is 22.4 Å². The van der Waals surface area contributed by atoms with E-state index in [2.05, 4.69) is 48.1 Å². The molecule has 2 rings (SSSR count). The first-order chi connectivity index (χ1) is 9.20. The zero-order valence-corrected chi connectivity index (χ0v) is 11.7. The third kappa shape index (κ3) is 3.58. The van der Waals surface area contributed by atoms with E-state index < -0.39 is 0 Å². The van der Waals surface area contributed by atoms with Crippen molar-refractivity contribution in [2.45, 2.75) is 33.0 Å². The van der Waals surface area contributed by atoms with Crippen molar-refractivity contribution < 1.29 is 0 Å². The van der Waals surface area contributed by atoms with Crippen LogP contribution in [0.4, 0.5) is 5.69 Å². The van der Waals surface area contributed by atoms with E-state index in [1.165, 1.54) is 11.3 Å². The van der Waals surface area contributed by atoms with Gasteiger partial charge in [0.2, 0.25) is 0 Å². The van der Waals surface area contributed by atoms with E-state index in [1.54, 1.807) is 0 Å². The maximum Gasteiger partial charge on any atom is 0.0584 e. The third-order valence-electron chi connectivity index (χ3n) is 3.26. The topological polar surface area (TPSA) is 47.1 Å². The van der Waals surface area contributed by atoms with Gasteiger partial charge in [-0.25, -0.2) is 0 Å². The number of nitrogens with two attached hydrogens (primary N) is 1. The van der Waals surface area contributed by atoms with E-state index in [0.717, 1.165) is 13.1 Å². The van der Waals surface area contributed by atoms with Gasteiger partial charge in [0.1, 0.15) is 0 Å². The second kappa shape index (κ2) is 6.38. The van der Waals surface area contributed by atoms with Gasteiger partial charge in [0, 0.05) is 37.2 Å². The highest BCUT2D eigenvalue weighted by Gasteiger charge is 2.10. The van der Waals surface area contributed by atoms with Gasteiger partial charge < -0.3 is 10.6 Å². The van der Waals surface area contributed by atoms with Crippen LogP contribution >= 0.6 is 0 Å². The van der Waals surface area contributed by atoms with Crippen LogP contribution in [0.2, 0.25) is 0 Å². The number of rotatable bonds is 6. The maximum absolute atomic E-state index is 5.63. The van der Waals surface area contributed by atoms with Gasteiger partial charge in [-0.1, -0.05) is 12.1 Å². The Kier molecular flexibility index (Phi) is 4.58. The lowest BCUT2D eigenvalue weighted by Gasteiger charge is -2.29. The van der Waals surface area contributed by atoms with Crippen molar-refractivity contribution in [1.82, 2.24) is 9.78 Å². The predicted octanol–water partition coefficient (Wildman–Crippen LogP) is 2.26. The summed E-state index contributed by atoms with van der Waals surface area (Å²) in [6.07, 6.45) is 3.81. The van der Waals surface area contributed by atoms with E-state index in [4.69, 9.17) is 5.73 Å². The lowest BCUT2D eigenvalue weighted by molar-refractivity contribution is 0.569. The van der Waals surface area contributed by atoms with Gasteiger partial charge in [0.05, 0.1) is 6.54 Å². The minimum Gasteiger partial charge on any atom is -0.367 e. The van der Waals surface area contributed by atoms with Crippen molar-refractivity contribution in [3.8, 4) is 0 Å². The van der Waals surface area contributed by atoms with E-state index in [1.807, 2.05) is 23.1 Å². The highest BCUT2D eigenvalue weighted by Crippen LogP contribution is 2.17. The molecule has 0 aliphatic heterocycles. The summed E-state index contributed by atoms with van der Waals surface area (Å²) in [5, 5.41) is 4.24. The van der Waals surface area contributed by atoms with E-state index >= 15 is 0 Å². The SMILES string of the molecule is CC(C)N(CCn1cccn1)c1ccc(CN)cc1. The van der Waals surface area contributed by atoms with Crippen molar-refractivity contribution in [1.29, 1.82) is 0 Å². The van der Waals surface area contributed by atoms with Crippen molar-refractivity contribution in [3.63, 3.8) is 0 Å². The fourth-order valence-electron chi connectivity index (χ4n) is 2.15. The zero-order chi connectivity index (χ0) is 13.7. The van der Waals surface area contributed by atoms with Gasteiger partial charge >= 0.3 is 0 Å². The molecule has 2 N–H and O–H groups in total. The van der Waals surface area contributed by atoms with E-state index in [0.29, 0.717) is 12.6 Å². The second-order valence-corrected chi connectivity index (χ2v) is 4.93. The van der Waals surface area contributed by atoms with Crippen LogP contribution in [0.15, 0.2) is 42.7 Å². The summed E-state index contributed by atoms with van der Waals surface area (Å²) in [6.45, 7) is 6.85. The van der Waals surface area contributed by atoms with Gasteiger partial charge in [0.15, 0.2) is 0 Å². The Morgan fingerprint density at radius 1 is 1.26 bits per heavy atom. The first kappa shape index (κ1) is 13.6. The minimum atomic E-state index is 0.458. The van der Waals surface area contributed by atoms with Crippen molar-refractivity contribution in [2.24, 2.45) is 5.73 Å². The average molecular weight is 258 g/mol. The summed E-state index contributed by atoms with van der Waals surface area (Å²) in [6, 6.07) is 10.9. The van der Waals surface area contributed by atoms with Gasteiger partial charge in [-0.05, 0) is 37.6 Å². The first-order valence-electron chi connectivity index (χ1n) is 6.74. The molecule has 0 unspecified atom stereocenters. The van der Waals surface area contributed by atoms with Crippen molar-refractivity contribution in [3.05, 3.63) is 48.3 Å². The van der Waals surface area contributed by atoms with Crippen LogP contribution in [-0.2, 0) is 13.1 Å². The molecule has 2 aromatic rings. The molecular weight excluding hydrogens is 236 g/mol. The summed E-state index contributed by atoms with van der Waals surface area (Å²) >= 11 is 0. The molecule has 19 heavy (non-hydrogen) atoms. The van der Waals surface area contributed by atoms with Gasteiger partial charge in [0.25, 0.3) is 0 Å². The standard InChI is InChI=1S/C15H22N4/c1-13(2)19(11-10-18-9-3-8-17-18)15-6-4-14(12-16)5-7-15/h3-9,13H,10-12,16H2,1-2H3. The minimum absolute atomic E-state index is 0.458. The average Bonchev–Trinajstić information content (AvgIpc) is 2.92. The lowest BCUT2D eigenvalue weighted by atomic mass is 10.1. The molecular formula is C15H22N4. The largest absolute Gasteiger partial charge is 0.367 e. The van der Waals surface area contributed by atoms with Crippen LogP contribution in [0.25, 0.3) is 0 Å². The molecule has 0 radical (unpaired) electrons. The molecule has 0 atom stereocenters. The molecule has 0 aliphatic rings. The molecule has 0 saturated carbocycles. The Bertz CT molecular complexity index is 473. The Morgan fingerprint density at radius 2 is 2.00 bits per heavy atom. The van der Waals surface area contributed by atoms with Crippen molar-refractivity contribution in [2.75, 3.05) is 11.4 Å². The van der Waals surface area contributed by atoms with E-state index in [9.17, 15) is 0 Å². The molecule has 1 aromatic carbocycles. The second-order valence-electron chi connectivity index (χ2n) is 4.93. The normalized spacial score (nSPS) is 10.9. The molecule has 1 aromatic heterocycles. The Labute approximate surface area is 114 Å². The van der Waals surface area contributed by atoms with Gasteiger partial charge in [-0.15, -0.1) is 0 Å². The number of anilines is 1. The zero-order valence-electron chi connectivity index (χ0n) is 11.7. The Morgan fingerprint density at radius 3 is 2.53 bits per heavy atom. The lowest BCUT2D eigenvalue weighted by Crippen LogP contribution is -2.33. The summed E-state index contributed by atoms with van der Waals surface area (Å²) in [5.41, 5.74) is 8.04. The number of hydrogen-bond donors (Lipinski definition) is 1. The number of benzene rings is 1. The monoisotopic (exact) mass is 258 g/mol. The maximum atomic E-state index is 5.63. The highest BCUT2D eigenvalue weighted by atomic mass is 15.3. The molecule has 0 amide bonds. The molecule has 4 nitrogen and oxygen atoms in total. The number of hydrogen-bond acceptors (Lipinski definition) is 3. The molecule has 4 heteroatoms. The Hall–Kier alpha value is -1.81. The summed E-state index contributed by atoms with van der Waals surface area (Å²) < 4.78 is 1.96. The van der Waals surface area contributed by atoms with E-state index in [-0.39, 0.29) is 0 Å². The van der Waals surface area contributed by atoms with Crippen LogP contribution in [0, 0.1) is 0 Å². The molecule has 0 aliphatic carbocycles. The molecule has 102 valence electrons. The summed E-state index contributed by atoms with van der Waals surface area (Å²) in [4.78, 5) is 2.38. The highest BCUT2D eigenvalue weighted by molar-refractivity contribution is 5.48. The number of aromatic nitrogens is 2. The predicted molar refractivity (Wildman–Crippen MR) is 79.0 cm³/mol. The van der Waals surface area contributed by atoms with Crippen LogP contribution in [0.1, 0.15) is 19.4 Å². The van der Waals surface area contributed by atoms with Crippen LogP contribution in [0.5, 0.6) is 0 Å². The molecule has 0 bridgehead atoms. The van der Waals surface area contributed by atoms with Gasteiger partial charge in [-0.2, -0.15) is 5.10 Å². The van der Waals surface area contributed by atoms with Gasteiger partial charge in [-0.3, -0.25) is 4.68 Å². The fraction of sp³-hybridized carbons (Fsp3) is 0.400. The van der Waals surface area contributed by atoms with Crippen LogP contribution < -0.4 is 10.6 Å². The molecule has 0 spiro atoms. The quantitative estimate of drug-likeness (QED) is 0.864. The Balaban J connectivity index is 2.06. The fourth-order valence-corrected chi connectivity index (χ4v) is 2.15. The molecule has 1 heterocycles. The third-order valence-corrected chi connectivity index (χ3v) is 3.26. The van der Waals surface area contributed by atoms with Crippen molar-refractivity contribution >= 4 is 5.69 Å². The smallest absolute Gasteiger partial charge is 0.0584 e. The summed E-state index contributed by atoms with van der Waals surface area (Å²) in [5.74, 6) is 0. The molecule has 0 fully saturated rings. The van der Waals surface area contributed by atoms with Crippen LogP contribution in [0.3, 0.4) is 0 Å². The number of nitrogens with zero attached hydrogens (tertiary/aromatic N) is 3. The molecule has 0 saturated heterocycles.